The number of rotatable bonds is 5. The first kappa shape index (κ1) is 14.3. The number of nitrogens with one attached hydrogen (secondary N) is 1. The van der Waals surface area contributed by atoms with Crippen molar-refractivity contribution in [2.45, 2.75) is 0 Å². The van der Waals surface area contributed by atoms with E-state index in [1.54, 1.807) is 18.2 Å². The van der Waals surface area contributed by atoms with Gasteiger partial charge in [0.05, 0.1) is 0 Å². The maximum Gasteiger partial charge on any atom is 0.346 e. The van der Waals surface area contributed by atoms with Gasteiger partial charge in [-0.1, -0.05) is 36.4 Å². The molecule has 0 saturated carbocycles. The monoisotopic (exact) mass is 254 g/mol. The van der Waals surface area contributed by atoms with Crippen molar-refractivity contribution in [3.63, 3.8) is 0 Å². The normalized spacial score (nSPS) is 11.7. The number of anilines is 1. The Morgan fingerprint density at radius 3 is 2.47 bits per heavy atom. The molecular weight excluding hydrogens is 240 g/mol. The molecular formula is C15H14N2O2. The maximum absolute atomic E-state index is 10.5. The van der Waals surface area contributed by atoms with E-state index in [0.29, 0.717) is 0 Å². The summed E-state index contributed by atoms with van der Waals surface area (Å²) in [6.45, 7) is 0. The Bertz CT molecular complexity index is 561. The minimum atomic E-state index is -1.22. The quantitative estimate of drug-likeness (QED) is 0.481. The number of aliphatic carboxylic acids is 1. The number of carboxylic acids is 1. The standard InChI is InChI=1S/C15H14N2O2/c1-17-14-9-7-12(8-10-14)5-3-2-4-6-13(11-16)15(18)19/h2-10,17H,1H3,(H,18,19)/b4-2+,5-3+,13-6+. The summed E-state index contributed by atoms with van der Waals surface area (Å²) < 4.78 is 0. The fourth-order valence-corrected chi connectivity index (χ4v) is 1.30. The Morgan fingerprint density at radius 1 is 1.26 bits per heavy atom. The number of hydrogen-bond donors (Lipinski definition) is 2. The molecule has 0 aliphatic heterocycles. The molecule has 0 bridgehead atoms. The van der Waals surface area contributed by atoms with Gasteiger partial charge in [-0.15, -0.1) is 0 Å². The lowest BCUT2D eigenvalue weighted by molar-refractivity contribution is -0.132. The molecule has 0 heterocycles. The van der Waals surface area contributed by atoms with Crippen molar-refractivity contribution in [3.05, 3.63) is 59.7 Å². The molecule has 2 N–H and O–H groups in total. The van der Waals surface area contributed by atoms with Crippen LogP contribution in [0, 0.1) is 11.3 Å². The van der Waals surface area contributed by atoms with Crippen LogP contribution in [0.2, 0.25) is 0 Å². The zero-order chi connectivity index (χ0) is 14.1. The van der Waals surface area contributed by atoms with E-state index in [-0.39, 0.29) is 5.57 Å². The van der Waals surface area contributed by atoms with Crippen molar-refractivity contribution in [3.8, 4) is 6.07 Å². The molecule has 0 atom stereocenters. The summed E-state index contributed by atoms with van der Waals surface area (Å²) in [6, 6.07) is 9.45. The zero-order valence-electron chi connectivity index (χ0n) is 10.5. The van der Waals surface area contributed by atoms with Gasteiger partial charge < -0.3 is 10.4 Å². The molecule has 0 unspecified atom stereocenters. The lowest BCUT2D eigenvalue weighted by atomic mass is 10.2. The third-order valence-corrected chi connectivity index (χ3v) is 2.32. The molecule has 96 valence electrons. The number of nitriles is 1. The van der Waals surface area contributed by atoms with Crippen molar-refractivity contribution in [2.75, 3.05) is 12.4 Å². The summed E-state index contributed by atoms with van der Waals surface area (Å²) in [7, 11) is 1.86. The highest BCUT2D eigenvalue weighted by Gasteiger charge is 2.01. The fourth-order valence-electron chi connectivity index (χ4n) is 1.30. The van der Waals surface area contributed by atoms with Gasteiger partial charge in [-0.3, -0.25) is 0 Å². The third-order valence-electron chi connectivity index (χ3n) is 2.32. The summed E-state index contributed by atoms with van der Waals surface area (Å²) in [6.07, 6.45) is 8.12. The van der Waals surface area contributed by atoms with E-state index in [9.17, 15) is 4.79 Å². The second kappa shape index (κ2) is 7.51. The first-order valence-corrected chi connectivity index (χ1v) is 5.63. The van der Waals surface area contributed by atoms with E-state index >= 15 is 0 Å². The van der Waals surface area contributed by atoms with Crippen LogP contribution >= 0.6 is 0 Å². The first-order chi connectivity index (χ1) is 9.17. The SMILES string of the molecule is CNc1ccc(/C=C/C=C/C=C(\C#N)C(=O)O)cc1. The molecule has 1 rings (SSSR count). The van der Waals surface area contributed by atoms with E-state index < -0.39 is 5.97 Å². The second-order valence-electron chi connectivity index (χ2n) is 3.61. The first-order valence-electron chi connectivity index (χ1n) is 5.63. The lowest BCUT2D eigenvalue weighted by Gasteiger charge is -1.98. The molecule has 19 heavy (non-hydrogen) atoms. The molecule has 0 fully saturated rings. The van der Waals surface area contributed by atoms with E-state index in [2.05, 4.69) is 5.32 Å². The number of hydrogen-bond acceptors (Lipinski definition) is 3. The van der Waals surface area contributed by atoms with E-state index in [0.717, 1.165) is 11.3 Å². The van der Waals surface area contributed by atoms with Crippen LogP contribution < -0.4 is 5.32 Å². The summed E-state index contributed by atoms with van der Waals surface area (Å²) >= 11 is 0. The van der Waals surface area contributed by atoms with Gasteiger partial charge in [-0.2, -0.15) is 5.26 Å². The second-order valence-corrected chi connectivity index (χ2v) is 3.61. The number of benzene rings is 1. The fraction of sp³-hybridized carbons (Fsp3) is 0.0667. The van der Waals surface area contributed by atoms with Crippen LogP contribution in [0.1, 0.15) is 5.56 Å². The Labute approximate surface area is 112 Å². The van der Waals surface area contributed by atoms with Crippen molar-refractivity contribution in [1.29, 1.82) is 5.26 Å². The Balaban J connectivity index is 2.63. The van der Waals surface area contributed by atoms with E-state index in [1.165, 1.54) is 12.2 Å². The van der Waals surface area contributed by atoms with Gasteiger partial charge in [-0.25, -0.2) is 4.79 Å². The number of allylic oxidation sites excluding steroid dienone is 4. The minimum Gasteiger partial charge on any atom is -0.477 e. The van der Waals surface area contributed by atoms with E-state index in [4.69, 9.17) is 10.4 Å². The van der Waals surface area contributed by atoms with Crippen LogP contribution in [0.25, 0.3) is 6.08 Å². The smallest absolute Gasteiger partial charge is 0.346 e. The molecule has 0 amide bonds. The predicted molar refractivity (Wildman–Crippen MR) is 75.5 cm³/mol. The van der Waals surface area contributed by atoms with Crippen molar-refractivity contribution >= 4 is 17.7 Å². The van der Waals surface area contributed by atoms with Crippen molar-refractivity contribution in [1.82, 2.24) is 0 Å². The molecule has 4 nitrogen and oxygen atoms in total. The van der Waals surface area contributed by atoms with Crippen LogP contribution in [0.15, 0.2) is 54.1 Å². The largest absolute Gasteiger partial charge is 0.477 e. The van der Waals surface area contributed by atoms with Crippen molar-refractivity contribution < 1.29 is 9.90 Å². The van der Waals surface area contributed by atoms with Gasteiger partial charge in [0.15, 0.2) is 0 Å². The molecule has 0 spiro atoms. The number of carbonyl (C=O) groups is 1. The predicted octanol–water partition coefficient (Wildman–Crippen LogP) is 2.83. The molecule has 4 heteroatoms. The molecule has 0 saturated heterocycles. The maximum atomic E-state index is 10.5. The van der Waals surface area contributed by atoms with Crippen LogP contribution in [0.4, 0.5) is 5.69 Å². The average Bonchev–Trinajstić information content (AvgIpc) is 2.43. The van der Waals surface area contributed by atoms with Crippen LogP contribution in [0.5, 0.6) is 0 Å². The highest BCUT2D eigenvalue weighted by molar-refractivity contribution is 5.91. The average molecular weight is 254 g/mol. The Hall–Kier alpha value is -2.80. The number of carboxylic acid groups (broad SMARTS) is 1. The van der Waals surface area contributed by atoms with Gasteiger partial charge in [-0.05, 0) is 23.8 Å². The summed E-state index contributed by atoms with van der Waals surface area (Å²) in [4.78, 5) is 10.5. The zero-order valence-corrected chi connectivity index (χ0v) is 10.5. The van der Waals surface area contributed by atoms with Gasteiger partial charge in [0.2, 0.25) is 0 Å². The molecule has 1 aromatic carbocycles. The Morgan fingerprint density at radius 2 is 1.95 bits per heavy atom. The molecule has 0 aliphatic carbocycles. The van der Waals surface area contributed by atoms with Crippen LogP contribution in [-0.2, 0) is 4.79 Å². The number of nitrogens with zero attached hydrogens (tertiary/aromatic N) is 1. The Kier molecular flexibility index (Phi) is 5.64. The van der Waals surface area contributed by atoms with Crippen LogP contribution in [-0.4, -0.2) is 18.1 Å². The van der Waals surface area contributed by atoms with Gasteiger partial charge >= 0.3 is 5.97 Å². The summed E-state index contributed by atoms with van der Waals surface area (Å²) in [5, 5.41) is 20.2. The van der Waals surface area contributed by atoms with Gasteiger partial charge in [0.1, 0.15) is 11.6 Å². The molecule has 0 aromatic heterocycles. The minimum absolute atomic E-state index is 0.289. The summed E-state index contributed by atoms with van der Waals surface area (Å²) in [5.74, 6) is -1.22. The molecule has 0 aliphatic rings. The lowest BCUT2D eigenvalue weighted by Crippen LogP contribution is -1.96. The van der Waals surface area contributed by atoms with E-state index in [1.807, 2.05) is 37.4 Å². The topological polar surface area (TPSA) is 73.1 Å². The van der Waals surface area contributed by atoms with Crippen LogP contribution in [0.3, 0.4) is 0 Å². The van der Waals surface area contributed by atoms with Gasteiger partial charge in [0.25, 0.3) is 0 Å². The van der Waals surface area contributed by atoms with Crippen molar-refractivity contribution in [2.24, 2.45) is 0 Å². The molecule has 0 radical (unpaired) electrons. The highest BCUT2D eigenvalue weighted by atomic mass is 16.4. The van der Waals surface area contributed by atoms with Gasteiger partial charge in [0, 0.05) is 12.7 Å². The third kappa shape index (κ3) is 4.92. The highest BCUT2D eigenvalue weighted by Crippen LogP contribution is 2.09. The summed E-state index contributed by atoms with van der Waals surface area (Å²) in [5.41, 5.74) is 1.78. The molecule has 1 aromatic rings.